The van der Waals surface area contributed by atoms with Gasteiger partial charge in [0.25, 0.3) is 0 Å². The first-order valence-electron chi connectivity index (χ1n) is 11.3. The van der Waals surface area contributed by atoms with E-state index in [9.17, 15) is 5.11 Å². The molecule has 0 aromatic carbocycles. The molecule has 1 aromatic heterocycles. The molecule has 0 spiro atoms. The van der Waals surface area contributed by atoms with Crippen molar-refractivity contribution in [3.8, 4) is 0 Å². The van der Waals surface area contributed by atoms with E-state index >= 15 is 0 Å². The number of aliphatic hydroxyl groups is 1. The molecule has 3 rings (SSSR count). The van der Waals surface area contributed by atoms with Crippen molar-refractivity contribution >= 4 is 11.8 Å². The zero-order valence-electron chi connectivity index (χ0n) is 18.6. The van der Waals surface area contributed by atoms with Gasteiger partial charge in [-0.05, 0) is 44.0 Å². The van der Waals surface area contributed by atoms with E-state index in [0.29, 0.717) is 13.2 Å². The van der Waals surface area contributed by atoms with Gasteiger partial charge in [-0.1, -0.05) is 6.92 Å². The molecule has 1 unspecified atom stereocenters. The zero-order chi connectivity index (χ0) is 21.2. The number of rotatable bonds is 9. The Balaban J connectivity index is 1.59. The Morgan fingerprint density at radius 2 is 2.10 bits per heavy atom. The summed E-state index contributed by atoms with van der Waals surface area (Å²) in [5, 5.41) is 16.2. The van der Waals surface area contributed by atoms with Crippen molar-refractivity contribution < 1.29 is 9.84 Å². The average molecular weight is 419 g/mol. The second-order valence-electron chi connectivity index (χ2n) is 8.27. The van der Waals surface area contributed by atoms with Crippen LogP contribution >= 0.6 is 0 Å². The van der Waals surface area contributed by atoms with E-state index in [2.05, 4.69) is 45.3 Å². The van der Waals surface area contributed by atoms with Gasteiger partial charge < -0.3 is 30.3 Å². The van der Waals surface area contributed by atoms with Gasteiger partial charge in [0, 0.05) is 64.1 Å². The average Bonchev–Trinajstić information content (AvgIpc) is 3.25. The highest BCUT2D eigenvalue weighted by Crippen LogP contribution is 2.31. The van der Waals surface area contributed by atoms with Crippen LogP contribution in [0.1, 0.15) is 32.3 Å². The van der Waals surface area contributed by atoms with Crippen LogP contribution in [0, 0.1) is 5.41 Å². The number of aliphatic hydroxyl groups excluding tert-OH is 1. The fraction of sp³-hybridized carbons (Fsp3) is 0.727. The number of aromatic nitrogens is 1. The second-order valence-corrected chi connectivity index (χ2v) is 8.27. The van der Waals surface area contributed by atoms with E-state index in [1.54, 1.807) is 0 Å². The number of hydrogen-bond acceptors (Lipinski definition) is 6. The highest BCUT2D eigenvalue weighted by atomic mass is 16.5. The Morgan fingerprint density at radius 1 is 1.27 bits per heavy atom. The molecule has 2 aliphatic heterocycles. The third-order valence-corrected chi connectivity index (χ3v) is 6.18. The maximum atomic E-state index is 9.43. The standard InChI is InChI=1S/C22H38N6O2/c1-3-23-21(26-17-22(6-13-29)7-14-30-18-22)25-16-19-5-8-24-20(15-19)28-11-9-27(4-2)10-12-28/h5,8,15,29H,3-4,6-7,9-14,16-18H2,1-2H3,(H2,23,25,26). The van der Waals surface area contributed by atoms with Crippen LogP contribution in [0.5, 0.6) is 0 Å². The largest absolute Gasteiger partial charge is 0.396 e. The molecule has 3 heterocycles. The molecule has 3 N–H and O–H groups in total. The Morgan fingerprint density at radius 3 is 2.77 bits per heavy atom. The molecule has 2 saturated heterocycles. The van der Waals surface area contributed by atoms with Gasteiger partial charge in [-0.25, -0.2) is 9.98 Å². The number of aliphatic imine (C=N–C) groups is 1. The van der Waals surface area contributed by atoms with Crippen LogP contribution in [0.15, 0.2) is 23.3 Å². The van der Waals surface area contributed by atoms with E-state index in [-0.39, 0.29) is 12.0 Å². The predicted molar refractivity (Wildman–Crippen MR) is 121 cm³/mol. The fourth-order valence-electron chi connectivity index (χ4n) is 4.12. The number of pyridine rings is 1. The highest BCUT2D eigenvalue weighted by Gasteiger charge is 2.34. The van der Waals surface area contributed by atoms with Crippen LogP contribution in [-0.4, -0.2) is 86.6 Å². The predicted octanol–water partition coefficient (Wildman–Crippen LogP) is 1.07. The summed E-state index contributed by atoms with van der Waals surface area (Å²) in [6.07, 6.45) is 3.61. The molecule has 30 heavy (non-hydrogen) atoms. The number of hydrogen-bond donors (Lipinski definition) is 3. The molecule has 1 aromatic rings. The Kier molecular flexibility index (Phi) is 8.72. The summed E-state index contributed by atoms with van der Waals surface area (Å²) in [5.74, 6) is 1.85. The van der Waals surface area contributed by atoms with Crippen molar-refractivity contribution in [3.63, 3.8) is 0 Å². The highest BCUT2D eigenvalue weighted by molar-refractivity contribution is 5.79. The first-order valence-corrected chi connectivity index (χ1v) is 11.3. The molecule has 8 heteroatoms. The molecule has 8 nitrogen and oxygen atoms in total. The molecule has 0 amide bonds. The van der Waals surface area contributed by atoms with Crippen LogP contribution in [0.4, 0.5) is 5.82 Å². The molecule has 1 atom stereocenters. The summed E-state index contributed by atoms with van der Waals surface area (Å²) in [6.45, 7) is 13.4. The number of piperazine rings is 1. The Bertz CT molecular complexity index is 669. The summed E-state index contributed by atoms with van der Waals surface area (Å²) >= 11 is 0. The van der Waals surface area contributed by atoms with Crippen molar-refractivity contribution in [2.75, 3.05) is 70.5 Å². The van der Waals surface area contributed by atoms with Crippen LogP contribution in [-0.2, 0) is 11.3 Å². The summed E-state index contributed by atoms with van der Waals surface area (Å²) in [7, 11) is 0. The lowest BCUT2D eigenvalue weighted by molar-refractivity contribution is 0.127. The van der Waals surface area contributed by atoms with Gasteiger partial charge in [0.05, 0.1) is 13.2 Å². The summed E-state index contributed by atoms with van der Waals surface area (Å²) in [5.41, 5.74) is 1.15. The van der Waals surface area contributed by atoms with Crippen LogP contribution in [0.3, 0.4) is 0 Å². The summed E-state index contributed by atoms with van der Waals surface area (Å²) in [4.78, 5) is 14.2. The van der Waals surface area contributed by atoms with Crippen molar-refractivity contribution in [1.29, 1.82) is 0 Å². The zero-order valence-corrected chi connectivity index (χ0v) is 18.6. The summed E-state index contributed by atoms with van der Waals surface area (Å²) in [6, 6.07) is 4.20. The van der Waals surface area contributed by atoms with Crippen molar-refractivity contribution in [3.05, 3.63) is 23.9 Å². The van der Waals surface area contributed by atoms with Crippen molar-refractivity contribution in [1.82, 2.24) is 20.5 Å². The normalized spacial score (nSPS) is 23.0. The van der Waals surface area contributed by atoms with Gasteiger partial charge in [0.2, 0.25) is 0 Å². The smallest absolute Gasteiger partial charge is 0.191 e. The third kappa shape index (κ3) is 6.30. The number of likely N-dealkylation sites (N-methyl/N-ethyl adjacent to an activating group) is 1. The first kappa shape index (κ1) is 22.8. The minimum Gasteiger partial charge on any atom is -0.396 e. The van der Waals surface area contributed by atoms with Gasteiger partial charge in [-0.2, -0.15) is 0 Å². The SMILES string of the molecule is CCNC(=NCc1ccnc(N2CCN(CC)CC2)c1)NCC1(CCO)CCOC1. The molecule has 0 bridgehead atoms. The minimum atomic E-state index is -0.00455. The van der Waals surface area contributed by atoms with Crippen molar-refractivity contribution in [2.45, 2.75) is 33.2 Å². The maximum Gasteiger partial charge on any atom is 0.191 e. The molecular formula is C22H38N6O2. The minimum absolute atomic E-state index is 0.00455. The maximum absolute atomic E-state index is 9.43. The Labute approximate surface area is 180 Å². The third-order valence-electron chi connectivity index (χ3n) is 6.18. The van der Waals surface area contributed by atoms with Gasteiger partial charge in [-0.15, -0.1) is 0 Å². The molecule has 0 aliphatic carbocycles. The molecule has 2 fully saturated rings. The van der Waals surface area contributed by atoms with Crippen LogP contribution < -0.4 is 15.5 Å². The topological polar surface area (TPSA) is 85.3 Å². The van der Waals surface area contributed by atoms with E-state index < -0.39 is 0 Å². The number of nitrogens with zero attached hydrogens (tertiary/aromatic N) is 4. The van der Waals surface area contributed by atoms with Crippen molar-refractivity contribution in [2.24, 2.45) is 10.4 Å². The van der Waals surface area contributed by atoms with E-state index in [1.807, 2.05) is 12.3 Å². The second kappa shape index (κ2) is 11.5. The van der Waals surface area contributed by atoms with Crippen LogP contribution in [0.25, 0.3) is 0 Å². The van der Waals surface area contributed by atoms with Crippen LogP contribution in [0.2, 0.25) is 0 Å². The Hall–Kier alpha value is -1.90. The van der Waals surface area contributed by atoms with E-state index in [1.165, 1.54) is 0 Å². The number of guanidine groups is 1. The molecule has 2 aliphatic rings. The van der Waals surface area contributed by atoms with Gasteiger partial charge >= 0.3 is 0 Å². The molecule has 0 saturated carbocycles. The lowest BCUT2D eigenvalue weighted by Crippen LogP contribution is -2.46. The summed E-state index contributed by atoms with van der Waals surface area (Å²) < 4.78 is 5.59. The van der Waals surface area contributed by atoms with Gasteiger partial charge in [-0.3, -0.25) is 0 Å². The van der Waals surface area contributed by atoms with Gasteiger partial charge in [0.15, 0.2) is 5.96 Å². The molecule has 0 radical (unpaired) electrons. The number of nitrogens with one attached hydrogen (secondary N) is 2. The molecular weight excluding hydrogens is 380 g/mol. The monoisotopic (exact) mass is 418 g/mol. The fourth-order valence-corrected chi connectivity index (χ4v) is 4.12. The lowest BCUT2D eigenvalue weighted by atomic mass is 9.84. The number of anilines is 1. The first-order chi connectivity index (χ1) is 14.7. The van der Waals surface area contributed by atoms with E-state index in [0.717, 1.165) is 82.6 Å². The molecule has 168 valence electrons. The lowest BCUT2D eigenvalue weighted by Gasteiger charge is -2.34. The van der Waals surface area contributed by atoms with E-state index in [4.69, 9.17) is 9.73 Å². The van der Waals surface area contributed by atoms with Gasteiger partial charge in [0.1, 0.15) is 5.82 Å². The quantitative estimate of drug-likeness (QED) is 0.409. The number of ether oxygens (including phenoxy) is 1.